The van der Waals surface area contributed by atoms with Gasteiger partial charge in [-0.25, -0.2) is 0 Å². The normalized spacial score (nSPS) is 12.3. The second-order valence-corrected chi connectivity index (χ2v) is 3.82. The Balaban J connectivity index is 2.16. The molecule has 2 heteroatoms. The summed E-state index contributed by atoms with van der Waals surface area (Å²) in [5, 5.41) is 3.46. The maximum Gasteiger partial charge on any atom is 0.0541 e. The van der Waals surface area contributed by atoms with Gasteiger partial charge in [0.1, 0.15) is 0 Å². The molecule has 1 aromatic rings. The number of unbranched alkanes of at least 4 members (excludes halogenated alkanes) is 1. The molecule has 0 saturated heterocycles. The molecule has 0 saturated carbocycles. The van der Waals surface area contributed by atoms with Crippen LogP contribution in [0.5, 0.6) is 0 Å². The van der Waals surface area contributed by atoms with Crippen molar-refractivity contribution in [2.45, 2.75) is 38.8 Å². The Morgan fingerprint density at radius 3 is 3.07 bits per heavy atom. The van der Waals surface area contributed by atoms with Crippen LogP contribution in [0, 0.1) is 0 Å². The third-order valence-electron chi connectivity index (χ3n) is 2.40. The Bertz CT molecular complexity index is 269. The van der Waals surface area contributed by atoms with Crippen molar-refractivity contribution in [1.82, 2.24) is 10.3 Å². The first-order valence-electron chi connectivity index (χ1n) is 5.57. The van der Waals surface area contributed by atoms with Crippen LogP contribution in [0.2, 0.25) is 0 Å². The zero-order valence-electron chi connectivity index (χ0n) is 9.45. The fourth-order valence-electron chi connectivity index (χ4n) is 1.45. The van der Waals surface area contributed by atoms with Crippen molar-refractivity contribution < 1.29 is 0 Å². The molecule has 1 aromatic heterocycles. The highest BCUT2D eigenvalue weighted by atomic mass is 14.9. The third kappa shape index (κ3) is 5.33. The average molecular weight is 204 g/mol. The summed E-state index contributed by atoms with van der Waals surface area (Å²) in [6, 6.07) is 6.55. The molecule has 0 amide bonds. The average Bonchev–Trinajstić information content (AvgIpc) is 2.28. The van der Waals surface area contributed by atoms with Crippen molar-refractivity contribution in [2.75, 3.05) is 0 Å². The predicted octanol–water partition coefficient (Wildman–Crippen LogP) is 2.92. The molecule has 15 heavy (non-hydrogen) atoms. The molecule has 0 fully saturated rings. The van der Waals surface area contributed by atoms with Gasteiger partial charge >= 0.3 is 0 Å². The molecule has 0 aliphatic rings. The molecule has 0 aliphatic heterocycles. The Morgan fingerprint density at radius 1 is 1.53 bits per heavy atom. The van der Waals surface area contributed by atoms with Gasteiger partial charge in [0.15, 0.2) is 0 Å². The van der Waals surface area contributed by atoms with Crippen molar-refractivity contribution in [3.05, 3.63) is 42.7 Å². The molecule has 82 valence electrons. The fourth-order valence-corrected chi connectivity index (χ4v) is 1.45. The summed E-state index contributed by atoms with van der Waals surface area (Å²) in [5.74, 6) is 0. The summed E-state index contributed by atoms with van der Waals surface area (Å²) in [7, 11) is 0. The van der Waals surface area contributed by atoms with Crippen LogP contribution >= 0.6 is 0 Å². The number of nitrogens with one attached hydrogen (secondary N) is 1. The highest BCUT2D eigenvalue weighted by Crippen LogP contribution is 2.02. The van der Waals surface area contributed by atoms with E-state index in [1.54, 1.807) is 0 Å². The zero-order chi connectivity index (χ0) is 10.9. The van der Waals surface area contributed by atoms with E-state index in [1.807, 2.05) is 30.5 Å². The molecule has 0 aromatic carbocycles. The smallest absolute Gasteiger partial charge is 0.0541 e. The van der Waals surface area contributed by atoms with Gasteiger partial charge in [-0.3, -0.25) is 4.98 Å². The van der Waals surface area contributed by atoms with E-state index in [1.165, 1.54) is 12.8 Å². The Morgan fingerprint density at radius 2 is 2.40 bits per heavy atom. The van der Waals surface area contributed by atoms with E-state index in [0.717, 1.165) is 18.7 Å². The van der Waals surface area contributed by atoms with Gasteiger partial charge < -0.3 is 5.32 Å². The molecular formula is C13H20N2. The second-order valence-electron chi connectivity index (χ2n) is 3.82. The Kier molecular flexibility index (Phi) is 5.71. The molecule has 1 N–H and O–H groups in total. The van der Waals surface area contributed by atoms with Gasteiger partial charge in [-0.05, 0) is 38.3 Å². The number of pyridine rings is 1. The monoisotopic (exact) mass is 204 g/mol. The van der Waals surface area contributed by atoms with Gasteiger partial charge in [0.25, 0.3) is 0 Å². The number of nitrogens with zero attached hydrogens (tertiary/aromatic N) is 1. The number of allylic oxidation sites excluding steroid dienone is 1. The quantitative estimate of drug-likeness (QED) is 0.545. The molecule has 0 spiro atoms. The standard InChI is InChI=1S/C13H20N2/c1-3-4-5-8-12(2)15-11-13-9-6-7-10-14-13/h3,6-7,9-10,12,15H,1,4-5,8,11H2,2H3. The summed E-state index contributed by atoms with van der Waals surface area (Å²) in [6.07, 6.45) is 7.32. The Hall–Kier alpha value is -1.15. The predicted molar refractivity (Wildman–Crippen MR) is 64.6 cm³/mol. The summed E-state index contributed by atoms with van der Waals surface area (Å²) < 4.78 is 0. The summed E-state index contributed by atoms with van der Waals surface area (Å²) in [5.41, 5.74) is 1.10. The van der Waals surface area contributed by atoms with Crippen LogP contribution < -0.4 is 5.32 Å². The lowest BCUT2D eigenvalue weighted by Crippen LogP contribution is -2.25. The van der Waals surface area contributed by atoms with Crippen LogP contribution in [0.1, 0.15) is 31.9 Å². The first kappa shape index (κ1) is 11.9. The molecular weight excluding hydrogens is 184 g/mol. The number of rotatable bonds is 7. The number of hydrogen-bond donors (Lipinski definition) is 1. The van der Waals surface area contributed by atoms with Crippen LogP contribution in [0.3, 0.4) is 0 Å². The molecule has 1 rings (SSSR count). The van der Waals surface area contributed by atoms with Gasteiger partial charge in [0, 0.05) is 18.8 Å². The van der Waals surface area contributed by atoms with E-state index in [-0.39, 0.29) is 0 Å². The fraction of sp³-hybridized carbons (Fsp3) is 0.462. The minimum absolute atomic E-state index is 0.548. The van der Waals surface area contributed by atoms with Crippen molar-refractivity contribution in [3.8, 4) is 0 Å². The van der Waals surface area contributed by atoms with E-state index in [0.29, 0.717) is 6.04 Å². The second kappa shape index (κ2) is 7.18. The zero-order valence-corrected chi connectivity index (χ0v) is 9.45. The van der Waals surface area contributed by atoms with Crippen LogP contribution in [0.15, 0.2) is 37.1 Å². The SMILES string of the molecule is C=CCCCC(C)NCc1ccccn1. The highest BCUT2D eigenvalue weighted by Gasteiger charge is 2.00. The molecule has 1 atom stereocenters. The molecule has 0 radical (unpaired) electrons. The molecule has 0 bridgehead atoms. The summed E-state index contributed by atoms with van der Waals surface area (Å²) in [6.45, 7) is 6.79. The summed E-state index contributed by atoms with van der Waals surface area (Å²) >= 11 is 0. The number of aromatic nitrogens is 1. The van der Waals surface area contributed by atoms with Crippen LogP contribution in [0.25, 0.3) is 0 Å². The van der Waals surface area contributed by atoms with Gasteiger partial charge in [0.2, 0.25) is 0 Å². The molecule has 0 aliphatic carbocycles. The van der Waals surface area contributed by atoms with E-state index < -0.39 is 0 Å². The van der Waals surface area contributed by atoms with Crippen LogP contribution in [0.4, 0.5) is 0 Å². The van der Waals surface area contributed by atoms with Crippen molar-refractivity contribution in [1.29, 1.82) is 0 Å². The highest BCUT2D eigenvalue weighted by molar-refractivity contribution is 5.02. The van der Waals surface area contributed by atoms with E-state index >= 15 is 0 Å². The van der Waals surface area contributed by atoms with E-state index in [9.17, 15) is 0 Å². The van der Waals surface area contributed by atoms with Gasteiger partial charge in [-0.15, -0.1) is 6.58 Å². The van der Waals surface area contributed by atoms with Crippen LogP contribution in [-0.2, 0) is 6.54 Å². The van der Waals surface area contributed by atoms with Crippen molar-refractivity contribution in [3.63, 3.8) is 0 Å². The molecule has 1 unspecified atom stereocenters. The summed E-state index contributed by atoms with van der Waals surface area (Å²) in [4.78, 5) is 4.27. The lowest BCUT2D eigenvalue weighted by molar-refractivity contribution is 0.496. The van der Waals surface area contributed by atoms with Crippen molar-refractivity contribution in [2.24, 2.45) is 0 Å². The van der Waals surface area contributed by atoms with Gasteiger partial charge in [0.05, 0.1) is 5.69 Å². The van der Waals surface area contributed by atoms with E-state index in [4.69, 9.17) is 0 Å². The number of hydrogen-bond acceptors (Lipinski definition) is 2. The molecule has 2 nitrogen and oxygen atoms in total. The maximum absolute atomic E-state index is 4.27. The van der Waals surface area contributed by atoms with Crippen molar-refractivity contribution >= 4 is 0 Å². The Labute approximate surface area is 92.4 Å². The van der Waals surface area contributed by atoms with Gasteiger partial charge in [-0.2, -0.15) is 0 Å². The van der Waals surface area contributed by atoms with Crippen LogP contribution in [-0.4, -0.2) is 11.0 Å². The maximum atomic E-state index is 4.27. The van der Waals surface area contributed by atoms with Gasteiger partial charge in [-0.1, -0.05) is 12.1 Å². The first-order valence-corrected chi connectivity index (χ1v) is 5.57. The lowest BCUT2D eigenvalue weighted by Gasteiger charge is -2.12. The largest absolute Gasteiger partial charge is 0.309 e. The minimum Gasteiger partial charge on any atom is -0.309 e. The van der Waals surface area contributed by atoms with E-state index in [2.05, 4.69) is 23.8 Å². The first-order chi connectivity index (χ1) is 7.33. The lowest BCUT2D eigenvalue weighted by atomic mass is 10.1. The minimum atomic E-state index is 0.548. The third-order valence-corrected chi connectivity index (χ3v) is 2.40. The molecule has 1 heterocycles. The topological polar surface area (TPSA) is 24.9 Å².